The van der Waals surface area contributed by atoms with Crippen LogP contribution in [0.2, 0.25) is 0 Å². The lowest BCUT2D eigenvalue weighted by Crippen LogP contribution is -2.42. The molecule has 0 saturated carbocycles. The molecule has 3 N–H and O–H groups in total. The maximum Gasteiger partial charge on any atom is 0.311 e. The van der Waals surface area contributed by atoms with Gasteiger partial charge in [0.15, 0.2) is 0 Å². The molecule has 1 aromatic heterocycles. The number of piperidine rings is 2. The van der Waals surface area contributed by atoms with E-state index in [-0.39, 0.29) is 29.9 Å². The van der Waals surface area contributed by atoms with Crippen LogP contribution in [0.25, 0.3) is 16.6 Å². The van der Waals surface area contributed by atoms with Crippen LogP contribution in [-0.2, 0) is 9.53 Å². The molecule has 2 fully saturated rings. The highest BCUT2D eigenvalue weighted by Crippen LogP contribution is 2.26. The first-order valence-corrected chi connectivity index (χ1v) is 16.1. The molecule has 2 aliphatic rings. The maximum absolute atomic E-state index is 13.1. The summed E-state index contributed by atoms with van der Waals surface area (Å²) in [5, 5.41) is 14.9. The minimum absolute atomic E-state index is 0.0554. The van der Waals surface area contributed by atoms with Gasteiger partial charge in [-0.2, -0.15) is 5.10 Å². The Balaban J connectivity index is 1.04. The first-order chi connectivity index (χ1) is 22.1. The Bertz CT molecular complexity index is 1690. The maximum atomic E-state index is 13.1. The van der Waals surface area contributed by atoms with Crippen LogP contribution in [0.3, 0.4) is 0 Å². The SMILES string of the molecule is CC(C)(C)C(=O)OC1CCN(c2ccc(C(=O)Nc3ccc4c(cnn4-c4ccc(C(=O)NC5CCNCC5)cc4)c3)cc2)CC1. The van der Waals surface area contributed by atoms with Crippen LogP contribution in [0.15, 0.2) is 72.9 Å². The molecule has 2 aliphatic heterocycles. The van der Waals surface area contributed by atoms with E-state index in [2.05, 4.69) is 25.9 Å². The lowest BCUT2D eigenvalue weighted by atomic mass is 9.97. The minimum atomic E-state index is -0.498. The minimum Gasteiger partial charge on any atom is -0.462 e. The predicted molar refractivity (Wildman–Crippen MR) is 180 cm³/mol. The van der Waals surface area contributed by atoms with Gasteiger partial charge in [-0.05, 0) is 113 Å². The van der Waals surface area contributed by atoms with Gasteiger partial charge in [0.05, 0.1) is 22.8 Å². The average molecular weight is 623 g/mol. The summed E-state index contributed by atoms with van der Waals surface area (Å²) < 4.78 is 7.52. The molecule has 10 heteroatoms. The Hall–Kier alpha value is -4.70. The van der Waals surface area contributed by atoms with Crippen molar-refractivity contribution in [2.75, 3.05) is 36.4 Å². The normalized spacial score (nSPS) is 16.3. The van der Waals surface area contributed by atoms with Crippen LogP contribution in [-0.4, -0.2) is 65.9 Å². The molecule has 46 heavy (non-hydrogen) atoms. The van der Waals surface area contributed by atoms with Gasteiger partial charge in [0.25, 0.3) is 11.8 Å². The second kappa shape index (κ2) is 13.3. The summed E-state index contributed by atoms with van der Waals surface area (Å²) >= 11 is 0. The number of amides is 2. The van der Waals surface area contributed by atoms with Gasteiger partial charge in [-0.25, -0.2) is 4.68 Å². The third-order valence-corrected chi connectivity index (χ3v) is 8.70. The Morgan fingerprint density at radius 2 is 1.46 bits per heavy atom. The van der Waals surface area contributed by atoms with Gasteiger partial charge >= 0.3 is 5.97 Å². The Kier molecular flexibility index (Phi) is 9.08. The molecule has 10 nitrogen and oxygen atoms in total. The Morgan fingerprint density at radius 3 is 2.11 bits per heavy atom. The summed E-state index contributed by atoms with van der Waals surface area (Å²) in [5.74, 6) is -0.405. The van der Waals surface area contributed by atoms with Crippen molar-refractivity contribution in [2.24, 2.45) is 5.41 Å². The molecule has 6 rings (SSSR count). The topological polar surface area (TPSA) is 118 Å². The van der Waals surface area contributed by atoms with Gasteiger partial charge < -0.3 is 25.6 Å². The quantitative estimate of drug-likeness (QED) is 0.239. The van der Waals surface area contributed by atoms with Gasteiger partial charge in [0.2, 0.25) is 0 Å². The van der Waals surface area contributed by atoms with E-state index in [1.807, 2.05) is 92.2 Å². The zero-order valence-electron chi connectivity index (χ0n) is 26.7. The summed E-state index contributed by atoms with van der Waals surface area (Å²) in [6, 6.07) is 21.0. The number of hydrogen-bond acceptors (Lipinski definition) is 7. The average Bonchev–Trinajstić information content (AvgIpc) is 3.48. The molecule has 0 spiro atoms. The van der Waals surface area contributed by atoms with Gasteiger partial charge in [-0.1, -0.05) is 0 Å². The number of anilines is 2. The van der Waals surface area contributed by atoms with Crippen molar-refractivity contribution in [3.05, 3.63) is 84.1 Å². The zero-order chi connectivity index (χ0) is 32.3. The van der Waals surface area contributed by atoms with Crippen molar-refractivity contribution in [2.45, 2.75) is 58.6 Å². The van der Waals surface area contributed by atoms with E-state index in [9.17, 15) is 14.4 Å². The summed E-state index contributed by atoms with van der Waals surface area (Å²) in [6.45, 7) is 9.05. The number of fused-ring (bicyclic) bond motifs is 1. The van der Waals surface area contributed by atoms with Crippen LogP contribution < -0.4 is 20.9 Å². The first-order valence-electron chi connectivity index (χ1n) is 16.1. The fourth-order valence-electron chi connectivity index (χ4n) is 5.89. The first kappa shape index (κ1) is 31.3. The Morgan fingerprint density at radius 1 is 0.826 bits per heavy atom. The smallest absolute Gasteiger partial charge is 0.311 e. The van der Waals surface area contributed by atoms with E-state index in [0.717, 1.165) is 74.1 Å². The van der Waals surface area contributed by atoms with Crippen LogP contribution in [0.5, 0.6) is 0 Å². The van der Waals surface area contributed by atoms with Crippen LogP contribution in [0, 0.1) is 5.41 Å². The summed E-state index contributed by atoms with van der Waals surface area (Å²) in [4.78, 5) is 40.3. The summed E-state index contributed by atoms with van der Waals surface area (Å²) in [7, 11) is 0. The highest BCUT2D eigenvalue weighted by Gasteiger charge is 2.29. The van der Waals surface area contributed by atoms with E-state index in [0.29, 0.717) is 16.8 Å². The number of carbonyl (C=O) groups excluding carboxylic acids is 3. The fourth-order valence-corrected chi connectivity index (χ4v) is 5.89. The fraction of sp³-hybridized carbons (Fsp3) is 0.389. The number of benzene rings is 3. The molecular weight excluding hydrogens is 580 g/mol. The predicted octanol–water partition coefficient (Wildman–Crippen LogP) is 5.32. The zero-order valence-corrected chi connectivity index (χ0v) is 26.7. The molecule has 2 amide bonds. The van der Waals surface area contributed by atoms with Crippen molar-refractivity contribution >= 4 is 40.1 Å². The van der Waals surface area contributed by atoms with Gasteiger partial charge in [0.1, 0.15) is 6.10 Å². The molecule has 4 aromatic rings. The van der Waals surface area contributed by atoms with Crippen molar-refractivity contribution in [1.29, 1.82) is 0 Å². The van der Waals surface area contributed by atoms with E-state index < -0.39 is 5.41 Å². The summed E-state index contributed by atoms with van der Waals surface area (Å²) in [5.41, 5.74) is 4.16. The number of esters is 1. The number of carbonyl (C=O) groups is 3. The molecule has 2 saturated heterocycles. The number of nitrogens with zero attached hydrogens (tertiary/aromatic N) is 3. The molecule has 0 bridgehead atoms. The Labute approximate surface area is 269 Å². The van der Waals surface area contributed by atoms with Gasteiger partial charge in [0, 0.05) is 59.9 Å². The van der Waals surface area contributed by atoms with Crippen LogP contribution in [0.1, 0.15) is 67.2 Å². The van der Waals surface area contributed by atoms with Crippen molar-refractivity contribution in [3.63, 3.8) is 0 Å². The van der Waals surface area contributed by atoms with Crippen molar-refractivity contribution in [3.8, 4) is 5.69 Å². The molecule has 3 aromatic carbocycles. The standard InChI is InChI=1S/C36H42N6O4/c1-36(2,3)35(45)46-31-16-20-41(21-17-31)29-9-4-24(5-10-29)34(44)40-28-8-13-32-26(22-28)23-38-42(32)30-11-6-25(7-12-30)33(43)39-27-14-18-37-19-15-27/h4-13,22-23,27,31,37H,14-21H2,1-3H3,(H,39,43)(H,40,44). The monoisotopic (exact) mass is 622 g/mol. The van der Waals surface area contributed by atoms with E-state index in [1.165, 1.54) is 0 Å². The second-order valence-corrected chi connectivity index (χ2v) is 13.2. The van der Waals surface area contributed by atoms with Crippen molar-refractivity contribution in [1.82, 2.24) is 20.4 Å². The van der Waals surface area contributed by atoms with Crippen molar-refractivity contribution < 1.29 is 19.1 Å². The third-order valence-electron chi connectivity index (χ3n) is 8.70. The largest absolute Gasteiger partial charge is 0.462 e. The number of rotatable bonds is 7. The lowest BCUT2D eigenvalue weighted by Gasteiger charge is -2.34. The molecular formula is C36H42N6O4. The lowest BCUT2D eigenvalue weighted by molar-refractivity contribution is -0.159. The van der Waals surface area contributed by atoms with E-state index >= 15 is 0 Å². The van der Waals surface area contributed by atoms with Crippen LogP contribution >= 0.6 is 0 Å². The number of hydrogen-bond donors (Lipinski definition) is 3. The molecule has 0 atom stereocenters. The van der Waals surface area contributed by atoms with E-state index in [4.69, 9.17) is 4.74 Å². The molecule has 3 heterocycles. The number of ether oxygens (including phenoxy) is 1. The number of aromatic nitrogens is 2. The highest BCUT2D eigenvalue weighted by atomic mass is 16.5. The molecule has 0 unspecified atom stereocenters. The summed E-state index contributed by atoms with van der Waals surface area (Å²) in [6.07, 6.45) is 5.16. The highest BCUT2D eigenvalue weighted by molar-refractivity contribution is 6.05. The molecule has 0 aliphatic carbocycles. The third kappa shape index (κ3) is 7.23. The van der Waals surface area contributed by atoms with Gasteiger partial charge in [-0.3, -0.25) is 14.4 Å². The second-order valence-electron chi connectivity index (χ2n) is 13.2. The molecule has 0 radical (unpaired) electrons. The molecule has 240 valence electrons. The van der Waals surface area contributed by atoms with Gasteiger partial charge in [-0.15, -0.1) is 0 Å². The van der Waals surface area contributed by atoms with Crippen LogP contribution in [0.4, 0.5) is 11.4 Å². The number of nitrogens with one attached hydrogen (secondary N) is 3. The van der Waals surface area contributed by atoms with E-state index in [1.54, 1.807) is 6.20 Å².